The van der Waals surface area contributed by atoms with E-state index in [4.69, 9.17) is 0 Å². The minimum Gasteiger partial charge on any atom is -0.358 e. The molecule has 1 amide bonds. The van der Waals surface area contributed by atoms with Crippen molar-refractivity contribution in [2.45, 2.75) is 26.8 Å². The van der Waals surface area contributed by atoms with Gasteiger partial charge < -0.3 is 9.88 Å². The normalized spacial score (nSPS) is 13.9. The van der Waals surface area contributed by atoms with Gasteiger partial charge in [-0.25, -0.2) is 9.97 Å². The van der Waals surface area contributed by atoms with Crippen LogP contribution in [0.15, 0.2) is 42.5 Å². The Morgan fingerprint density at radius 3 is 2.67 bits per heavy atom. The third kappa shape index (κ3) is 2.58. The second-order valence-corrected chi connectivity index (χ2v) is 7.20. The number of nitrogens with zero attached hydrogens (tertiary/aromatic N) is 3. The maximum absolute atomic E-state index is 13.1. The number of aryl methyl sites for hydroxylation is 2. The molecule has 1 aliphatic heterocycles. The number of para-hydroxylation sites is 1. The number of aromatic amines is 1. The van der Waals surface area contributed by atoms with Gasteiger partial charge in [-0.15, -0.1) is 0 Å². The Kier molecular flexibility index (Phi) is 3.50. The Morgan fingerprint density at radius 1 is 1.04 bits per heavy atom. The summed E-state index contributed by atoms with van der Waals surface area (Å²) < 4.78 is 0. The van der Waals surface area contributed by atoms with Crippen LogP contribution in [0.3, 0.4) is 0 Å². The number of nitrogens with one attached hydrogen (secondary N) is 1. The highest BCUT2D eigenvalue weighted by Gasteiger charge is 2.25. The molecule has 0 unspecified atom stereocenters. The summed E-state index contributed by atoms with van der Waals surface area (Å²) in [5.74, 6) is 0.0489. The fourth-order valence-electron chi connectivity index (χ4n) is 3.89. The molecule has 1 aliphatic rings. The highest BCUT2D eigenvalue weighted by Crippen LogP contribution is 2.28. The molecule has 0 fully saturated rings. The molecule has 0 aliphatic carbocycles. The summed E-state index contributed by atoms with van der Waals surface area (Å²) in [7, 11) is 0. The molecule has 0 saturated heterocycles. The van der Waals surface area contributed by atoms with Crippen molar-refractivity contribution in [1.82, 2.24) is 19.9 Å². The smallest absolute Gasteiger partial charge is 0.254 e. The van der Waals surface area contributed by atoms with Crippen LogP contribution in [0, 0.1) is 13.8 Å². The summed E-state index contributed by atoms with van der Waals surface area (Å²) in [6.45, 7) is 5.25. The third-order valence-electron chi connectivity index (χ3n) is 5.49. The summed E-state index contributed by atoms with van der Waals surface area (Å²) in [6, 6.07) is 13.9. The number of rotatable bonds is 1. The lowest BCUT2D eigenvalue weighted by Crippen LogP contribution is -2.35. The van der Waals surface area contributed by atoms with Gasteiger partial charge in [-0.3, -0.25) is 4.79 Å². The molecule has 27 heavy (non-hydrogen) atoms. The van der Waals surface area contributed by atoms with Gasteiger partial charge in [-0.05, 0) is 38.1 Å². The number of H-pyrrole nitrogens is 1. The fourth-order valence-corrected chi connectivity index (χ4v) is 3.89. The molecular weight excluding hydrogens is 336 g/mol. The van der Waals surface area contributed by atoms with E-state index in [2.05, 4.69) is 27.1 Å². The van der Waals surface area contributed by atoms with Gasteiger partial charge >= 0.3 is 0 Å². The van der Waals surface area contributed by atoms with Crippen molar-refractivity contribution in [3.05, 3.63) is 70.7 Å². The van der Waals surface area contributed by atoms with E-state index in [1.165, 1.54) is 16.6 Å². The standard InChI is InChI=1S/C22H20N4O/c1-13-14(2)24-21-11-15(7-8-20(21)23-13)22(27)26-10-9-19-17(12-26)16-5-3-4-6-18(16)25-19/h3-8,11,25H,9-10,12H2,1-2H3. The molecule has 0 bridgehead atoms. The molecule has 2 aromatic carbocycles. The molecule has 0 spiro atoms. The lowest BCUT2D eigenvalue weighted by molar-refractivity contribution is 0.0735. The second-order valence-electron chi connectivity index (χ2n) is 7.20. The Hall–Kier alpha value is -3.21. The van der Waals surface area contributed by atoms with E-state index in [1.807, 2.05) is 49.1 Å². The van der Waals surface area contributed by atoms with Crippen LogP contribution in [0.4, 0.5) is 0 Å². The van der Waals surface area contributed by atoms with Crippen molar-refractivity contribution in [1.29, 1.82) is 0 Å². The molecule has 0 saturated carbocycles. The van der Waals surface area contributed by atoms with Crippen LogP contribution in [0.5, 0.6) is 0 Å². The van der Waals surface area contributed by atoms with E-state index in [-0.39, 0.29) is 5.91 Å². The van der Waals surface area contributed by atoms with E-state index in [1.54, 1.807) is 0 Å². The fraction of sp³-hybridized carbons (Fsp3) is 0.227. The van der Waals surface area contributed by atoms with Gasteiger partial charge in [0.25, 0.3) is 5.91 Å². The summed E-state index contributed by atoms with van der Waals surface area (Å²) in [5, 5.41) is 1.21. The van der Waals surface area contributed by atoms with Crippen molar-refractivity contribution in [2.75, 3.05) is 6.54 Å². The Bertz CT molecular complexity index is 1210. The third-order valence-corrected chi connectivity index (χ3v) is 5.49. The van der Waals surface area contributed by atoms with Crippen LogP contribution in [-0.2, 0) is 13.0 Å². The van der Waals surface area contributed by atoms with Gasteiger partial charge in [0.1, 0.15) is 0 Å². The van der Waals surface area contributed by atoms with Gasteiger partial charge in [0, 0.05) is 47.2 Å². The van der Waals surface area contributed by atoms with E-state index in [0.29, 0.717) is 12.1 Å². The maximum atomic E-state index is 13.1. The molecule has 4 aromatic rings. The number of carbonyl (C=O) groups excluding carboxylic acids is 1. The zero-order chi connectivity index (χ0) is 18.5. The van der Waals surface area contributed by atoms with Crippen LogP contribution in [-0.4, -0.2) is 32.3 Å². The van der Waals surface area contributed by atoms with Crippen LogP contribution in [0.1, 0.15) is 33.0 Å². The van der Waals surface area contributed by atoms with Crippen LogP contribution >= 0.6 is 0 Å². The summed E-state index contributed by atoms with van der Waals surface area (Å²) >= 11 is 0. The zero-order valence-electron chi connectivity index (χ0n) is 15.4. The molecule has 5 nitrogen and oxygen atoms in total. The number of amides is 1. The Labute approximate surface area is 157 Å². The predicted octanol–water partition coefficient (Wildman–Crippen LogP) is 3.93. The predicted molar refractivity (Wildman–Crippen MR) is 106 cm³/mol. The van der Waals surface area contributed by atoms with Crippen molar-refractivity contribution < 1.29 is 4.79 Å². The van der Waals surface area contributed by atoms with E-state index >= 15 is 0 Å². The molecule has 2 aromatic heterocycles. The molecule has 5 rings (SSSR count). The van der Waals surface area contributed by atoms with Gasteiger partial charge in [0.15, 0.2) is 0 Å². The van der Waals surface area contributed by atoms with Crippen molar-refractivity contribution in [2.24, 2.45) is 0 Å². The lowest BCUT2D eigenvalue weighted by Gasteiger charge is -2.27. The second kappa shape index (κ2) is 5.91. The highest BCUT2D eigenvalue weighted by molar-refractivity contribution is 5.98. The number of carbonyl (C=O) groups is 1. The van der Waals surface area contributed by atoms with Crippen LogP contribution < -0.4 is 0 Å². The monoisotopic (exact) mass is 356 g/mol. The van der Waals surface area contributed by atoms with Gasteiger partial charge in [-0.1, -0.05) is 18.2 Å². The van der Waals surface area contributed by atoms with Crippen molar-refractivity contribution >= 4 is 27.8 Å². The van der Waals surface area contributed by atoms with E-state index in [9.17, 15) is 4.79 Å². The van der Waals surface area contributed by atoms with Gasteiger partial charge in [-0.2, -0.15) is 0 Å². The van der Waals surface area contributed by atoms with E-state index < -0.39 is 0 Å². The minimum atomic E-state index is 0.0489. The average Bonchev–Trinajstić information content (AvgIpc) is 3.06. The quantitative estimate of drug-likeness (QED) is 0.562. The number of hydrogen-bond donors (Lipinski definition) is 1. The topological polar surface area (TPSA) is 61.9 Å². The molecular formula is C22H20N4O. The first kappa shape index (κ1) is 16.0. The first-order valence-electron chi connectivity index (χ1n) is 9.23. The highest BCUT2D eigenvalue weighted by atomic mass is 16.2. The molecule has 1 N–H and O–H groups in total. The Balaban J connectivity index is 1.49. The van der Waals surface area contributed by atoms with Crippen molar-refractivity contribution in [3.8, 4) is 0 Å². The SMILES string of the molecule is Cc1nc2ccc(C(=O)N3CCc4[nH]c5ccccc5c4C3)cc2nc1C. The largest absolute Gasteiger partial charge is 0.358 e. The Morgan fingerprint density at radius 2 is 1.81 bits per heavy atom. The van der Waals surface area contributed by atoms with Crippen LogP contribution in [0.25, 0.3) is 21.9 Å². The maximum Gasteiger partial charge on any atom is 0.254 e. The van der Waals surface area contributed by atoms with E-state index in [0.717, 1.165) is 40.9 Å². The number of fused-ring (bicyclic) bond motifs is 4. The molecule has 5 heteroatoms. The minimum absolute atomic E-state index is 0.0489. The number of aromatic nitrogens is 3. The van der Waals surface area contributed by atoms with Gasteiger partial charge in [0.2, 0.25) is 0 Å². The molecule has 0 radical (unpaired) electrons. The molecule has 134 valence electrons. The zero-order valence-corrected chi connectivity index (χ0v) is 15.4. The summed E-state index contributed by atoms with van der Waals surface area (Å²) in [5.41, 5.74) is 7.71. The number of hydrogen-bond acceptors (Lipinski definition) is 3. The average molecular weight is 356 g/mol. The summed E-state index contributed by atoms with van der Waals surface area (Å²) in [6.07, 6.45) is 0.849. The van der Waals surface area contributed by atoms with Gasteiger partial charge in [0.05, 0.1) is 22.4 Å². The molecule has 0 atom stereocenters. The number of benzene rings is 2. The van der Waals surface area contributed by atoms with Crippen molar-refractivity contribution in [3.63, 3.8) is 0 Å². The first-order valence-corrected chi connectivity index (χ1v) is 9.23. The van der Waals surface area contributed by atoms with Crippen LogP contribution in [0.2, 0.25) is 0 Å². The first-order chi connectivity index (χ1) is 13.1. The lowest BCUT2D eigenvalue weighted by atomic mass is 10.0. The molecule has 3 heterocycles. The summed E-state index contributed by atoms with van der Waals surface area (Å²) in [4.78, 5) is 27.7.